The highest BCUT2D eigenvalue weighted by Gasteiger charge is 2.46. The standard InChI is InChI=1S/C26H35N3O3/c1-26(2,3)16-8-10-17(11-9-16)28-18-12-13-19(28)15-20(14-18)29-22-7-5-4-6-21(22)27-23(24(29)30)25(31)32/h4-7,16-20H,8-15H2,1-3H3,(H,31,32)/t16?,17?,18-,19+,20?. The van der Waals surface area contributed by atoms with Crippen molar-refractivity contribution < 1.29 is 9.90 Å². The van der Waals surface area contributed by atoms with E-state index >= 15 is 0 Å². The van der Waals surface area contributed by atoms with E-state index < -0.39 is 11.5 Å². The summed E-state index contributed by atoms with van der Waals surface area (Å²) in [5.74, 6) is -0.435. The number of para-hydroxylation sites is 2. The van der Waals surface area contributed by atoms with Crippen LogP contribution < -0.4 is 5.56 Å². The second-order valence-electron chi connectivity index (χ2n) is 11.3. The number of rotatable bonds is 3. The van der Waals surface area contributed by atoms with Crippen LogP contribution >= 0.6 is 0 Å². The van der Waals surface area contributed by atoms with Crippen LogP contribution in [-0.4, -0.2) is 43.7 Å². The number of fused-ring (bicyclic) bond motifs is 3. The van der Waals surface area contributed by atoms with Crippen molar-refractivity contribution in [3.63, 3.8) is 0 Å². The molecule has 0 amide bonds. The van der Waals surface area contributed by atoms with Gasteiger partial charge in [0.25, 0.3) is 5.56 Å². The minimum absolute atomic E-state index is 0.0353. The van der Waals surface area contributed by atoms with Crippen LogP contribution in [0.3, 0.4) is 0 Å². The molecule has 32 heavy (non-hydrogen) atoms. The average Bonchev–Trinajstić information content (AvgIpc) is 3.02. The van der Waals surface area contributed by atoms with Gasteiger partial charge in [-0.15, -0.1) is 0 Å². The Labute approximate surface area is 189 Å². The molecule has 2 bridgehead atoms. The van der Waals surface area contributed by atoms with E-state index in [0.717, 1.165) is 24.3 Å². The van der Waals surface area contributed by atoms with Gasteiger partial charge in [-0.25, -0.2) is 9.78 Å². The molecule has 2 saturated heterocycles. The van der Waals surface area contributed by atoms with Crippen molar-refractivity contribution in [2.45, 2.75) is 96.3 Å². The summed E-state index contributed by atoms with van der Waals surface area (Å²) in [5, 5.41) is 9.57. The van der Waals surface area contributed by atoms with Crippen LogP contribution in [0.2, 0.25) is 0 Å². The van der Waals surface area contributed by atoms with Crippen molar-refractivity contribution >= 4 is 17.0 Å². The number of aromatic carboxylic acids is 1. The molecule has 3 aliphatic rings. The zero-order chi connectivity index (χ0) is 22.6. The maximum absolute atomic E-state index is 13.2. The number of nitrogens with zero attached hydrogens (tertiary/aromatic N) is 3. The molecule has 6 heteroatoms. The molecular weight excluding hydrogens is 402 g/mol. The lowest BCUT2D eigenvalue weighted by Gasteiger charge is -2.47. The number of aromatic nitrogens is 2. The molecule has 1 N–H and O–H groups in total. The Hall–Kier alpha value is -2.21. The first-order valence-electron chi connectivity index (χ1n) is 12.3. The topological polar surface area (TPSA) is 75.4 Å². The van der Waals surface area contributed by atoms with Gasteiger partial charge in [0.05, 0.1) is 11.0 Å². The monoisotopic (exact) mass is 437 g/mol. The van der Waals surface area contributed by atoms with Gasteiger partial charge < -0.3 is 9.67 Å². The lowest BCUT2D eigenvalue weighted by atomic mass is 9.71. The largest absolute Gasteiger partial charge is 0.476 e. The summed E-state index contributed by atoms with van der Waals surface area (Å²) in [6.45, 7) is 7.11. The summed E-state index contributed by atoms with van der Waals surface area (Å²) < 4.78 is 1.75. The van der Waals surface area contributed by atoms with E-state index in [1.54, 1.807) is 10.6 Å². The van der Waals surface area contributed by atoms with Crippen LogP contribution in [0.25, 0.3) is 11.0 Å². The van der Waals surface area contributed by atoms with Gasteiger partial charge in [-0.2, -0.15) is 0 Å². The third-order valence-corrected chi connectivity index (χ3v) is 8.47. The van der Waals surface area contributed by atoms with E-state index in [0.29, 0.717) is 29.1 Å². The molecule has 3 fully saturated rings. The predicted octanol–water partition coefficient (Wildman–Crippen LogP) is 4.87. The molecular formula is C26H35N3O3. The van der Waals surface area contributed by atoms with E-state index in [9.17, 15) is 14.7 Å². The zero-order valence-corrected chi connectivity index (χ0v) is 19.5. The predicted molar refractivity (Wildman–Crippen MR) is 125 cm³/mol. The fraction of sp³-hybridized carbons (Fsp3) is 0.654. The van der Waals surface area contributed by atoms with Crippen molar-refractivity contribution in [3.05, 3.63) is 40.3 Å². The highest BCUT2D eigenvalue weighted by atomic mass is 16.4. The molecule has 1 aromatic heterocycles. The van der Waals surface area contributed by atoms with Crippen LogP contribution in [-0.2, 0) is 0 Å². The molecule has 0 spiro atoms. The van der Waals surface area contributed by atoms with Gasteiger partial charge in [0.2, 0.25) is 5.69 Å². The van der Waals surface area contributed by atoms with Crippen molar-refractivity contribution in [2.75, 3.05) is 0 Å². The first kappa shape index (κ1) is 21.6. The van der Waals surface area contributed by atoms with Crippen molar-refractivity contribution in [1.82, 2.24) is 14.5 Å². The highest BCUT2D eigenvalue weighted by molar-refractivity contribution is 5.88. The van der Waals surface area contributed by atoms with Crippen molar-refractivity contribution in [2.24, 2.45) is 11.3 Å². The SMILES string of the molecule is CC(C)(C)C1CCC(N2[C@@H]3CC[C@H]2CC(n2c(=O)c(C(=O)O)nc4ccccc42)C3)CC1. The fourth-order valence-electron chi connectivity index (χ4n) is 6.89. The Morgan fingerprint density at radius 2 is 1.53 bits per heavy atom. The van der Waals surface area contributed by atoms with Crippen LogP contribution in [0.5, 0.6) is 0 Å². The minimum atomic E-state index is -1.24. The molecule has 6 nitrogen and oxygen atoms in total. The van der Waals surface area contributed by atoms with E-state index in [1.165, 1.54) is 38.5 Å². The summed E-state index contributed by atoms with van der Waals surface area (Å²) in [7, 11) is 0. The van der Waals surface area contributed by atoms with Crippen LogP contribution in [0.1, 0.15) is 88.7 Å². The molecule has 3 atom stereocenters. The Morgan fingerprint density at radius 3 is 2.12 bits per heavy atom. The smallest absolute Gasteiger partial charge is 0.360 e. The fourth-order valence-corrected chi connectivity index (χ4v) is 6.89. The van der Waals surface area contributed by atoms with Gasteiger partial charge in [-0.3, -0.25) is 9.69 Å². The maximum Gasteiger partial charge on any atom is 0.360 e. The number of carbonyl (C=O) groups is 1. The summed E-state index contributed by atoms with van der Waals surface area (Å²) in [4.78, 5) is 31.8. The van der Waals surface area contributed by atoms with Crippen molar-refractivity contribution in [1.29, 1.82) is 0 Å². The molecule has 1 unspecified atom stereocenters. The molecule has 1 aromatic carbocycles. The first-order chi connectivity index (χ1) is 15.2. The third-order valence-electron chi connectivity index (χ3n) is 8.47. The Bertz CT molecular complexity index is 1060. The zero-order valence-electron chi connectivity index (χ0n) is 19.5. The van der Waals surface area contributed by atoms with Gasteiger partial charge in [-0.05, 0) is 74.8 Å². The molecule has 1 saturated carbocycles. The Morgan fingerprint density at radius 1 is 0.938 bits per heavy atom. The second kappa shape index (κ2) is 7.98. The van der Waals surface area contributed by atoms with Crippen molar-refractivity contribution in [3.8, 4) is 0 Å². The van der Waals surface area contributed by atoms with E-state index in [1.807, 2.05) is 18.2 Å². The normalized spacial score (nSPS) is 31.2. The first-order valence-corrected chi connectivity index (χ1v) is 12.3. The number of carboxylic acids is 1. The second-order valence-corrected chi connectivity index (χ2v) is 11.3. The lowest BCUT2D eigenvalue weighted by molar-refractivity contribution is 0.0249. The molecule has 2 aliphatic heterocycles. The van der Waals surface area contributed by atoms with Gasteiger partial charge in [0.1, 0.15) is 0 Å². The van der Waals surface area contributed by atoms with Crippen LogP contribution in [0.4, 0.5) is 0 Å². The Balaban J connectivity index is 1.41. The molecule has 1 aliphatic carbocycles. The molecule has 172 valence electrons. The van der Waals surface area contributed by atoms with E-state index in [2.05, 4.69) is 30.7 Å². The number of carboxylic acid groups (broad SMARTS) is 1. The third kappa shape index (κ3) is 3.66. The summed E-state index contributed by atoms with van der Waals surface area (Å²) in [6.07, 6.45) is 9.38. The number of piperidine rings is 1. The molecule has 5 rings (SSSR count). The minimum Gasteiger partial charge on any atom is -0.476 e. The lowest BCUT2D eigenvalue weighted by Crippen LogP contribution is -2.51. The number of benzene rings is 1. The van der Waals surface area contributed by atoms with Gasteiger partial charge >= 0.3 is 5.97 Å². The van der Waals surface area contributed by atoms with E-state index in [-0.39, 0.29) is 11.7 Å². The molecule has 3 heterocycles. The quantitative estimate of drug-likeness (QED) is 0.742. The van der Waals surface area contributed by atoms with Gasteiger partial charge in [0, 0.05) is 24.2 Å². The highest BCUT2D eigenvalue weighted by Crippen LogP contribution is 2.46. The average molecular weight is 438 g/mol. The van der Waals surface area contributed by atoms with Crippen LogP contribution in [0.15, 0.2) is 29.1 Å². The van der Waals surface area contributed by atoms with Gasteiger partial charge in [0.15, 0.2) is 0 Å². The number of hydrogen-bond donors (Lipinski definition) is 1. The summed E-state index contributed by atoms with van der Waals surface area (Å²) in [5.41, 5.74) is 0.909. The Kier molecular flexibility index (Phi) is 5.39. The number of hydrogen-bond acceptors (Lipinski definition) is 4. The van der Waals surface area contributed by atoms with E-state index in [4.69, 9.17) is 0 Å². The molecule has 2 aromatic rings. The van der Waals surface area contributed by atoms with Gasteiger partial charge in [-0.1, -0.05) is 32.9 Å². The maximum atomic E-state index is 13.2. The van der Waals surface area contributed by atoms with Crippen LogP contribution in [0, 0.1) is 11.3 Å². The summed E-state index contributed by atoms with van der Waals surface area (Å²) >= 11 is 0. The molecule has 0 radical (unpaired) electrons. The summed E-state index contributed by atoms with van der Waals surface area (Å²) in [6, 6.07) is 9.12.